The molecule has 1 amide bonds. The predicted octanol–water partition coefficient (Wildman–Crippen LogP) is 5.62. The molecule has 0 spiro atoms. The van der Waals surface area contributed by atoms with E-state index in [4.69, 9.17) is 16.3 Å². The molecular weight excluding hydrogens is 354 g/mol. The van der Waals surface area contributed by atoms with Gasteiger partial charge in [0.1, 0.15) is 5.75 Å². The Morgan fingerprint density at radius 3 is 2.60 bits per heavy atom. The SMILES string of the molecule is COc1ccc(Cl)cc1NC(=O)C(C)Sc1ccc2ccccc2c1. The molecule has 128 valence electrons. The maximum atomic E-state index is 12.5. The Hall–Kier alpha value is -2.17. The third kappa shape index (κ3) is 4.27. The fourth-order valence-electron chi connectivity index (χ4n) is 2.51. The summed E-state index contributed by atoms with van der Waals surface area (Å²) in [5.74, 6) is 0.486. The summed E-state index contributed by atoms with van der Waals surface area (Å²) in [6.07, 6.45) is 0. The molecule has 0 aliphatic heterocycles. The summed E-state index contributed by atoms with van der Waals surface area (Å²) in [7, 11) is 1.56. The Morgan fingerprint density at radius 2 is 1.84 bits per heavy atom. The van der Waals surface area contributed by atoms with Crippen LogP contribution in [-0.4, -0.2) is 18.3 Å². The number of anilines is 1. The van der Waals surface area contributed by atoms with Crippen molar-refractivity contribution < 1.29 is 9.53 Å². The minimum absolute atomic E-state index is 0.0984. The maximum Gasteiger partial charge on any atom is 0.237 e. The third-order valence-electron chi connectivity index (χ3n) is 3.82. The standard InChI is InChI=1S/C20H18ClNO2S/c1-13(20(23)22-18-12-16(21)8-10-19(18)24-2)25-17-9-7-14-5-3-4-6-15(14)11-17/h3-13H,1-2H3,(H,22,23). The van der Waals surface area contributed by atoms with Gasteiger partial charge in [-0.25, -0.2) is 0 Å². The summed E-state index contributed by atoms with van der Waals surface area (Å²) in [5.41, 5.74) is 0.575. The molecule has 1 unspecified atom stereocenters. The van der Waals surface area contributed by atoms with E-state index < -0.39 is 0 Å². The van der Waals surface area contributed by atoms with E-state index in [1.807, 2.05) is 25.1 Å². The molecule has 3 aromatic carbocycles. The van der Waals surface area contributed by atoms with E-state index in [0.717, 1.165) is 10.3 Å². The van der Waals surface area contributed by atoms with Crippen molar-refractivity contribution in [1.29, 1.82) is 0 Å². The molecule has 0 saturated heterocycles. The molecule has 1 atom stereocenters. The van der Waals surface area contributed by atoms with Gasteiger partial charge in [0.25, 0.3) is 0 Å². The first-order chi connectivity index (χ1) is 12.1. The molecule has 0 aromatic heterocycles. The fraction of sp³-hybridized carbons (Fsp3) is 0.150. The van der Waals surface area contributed by atoms with Gasteiger partial charge in [-0.05, 0) is 48.0 Å². The number of hydrogen-bond donors (Lipinski definition) is 1. The van der Waals surface area contributed by atoms with E-state index in [1.165, 1.54) is 17.1 Å². The van der Waals surface area contributed by atoms with Crippen LogP contribution in [0.3, 0.4) is 0 Å². The highest BCUT2D eigenvalue weighted by Gasteiger charge is 2.17. The number of nitrogens with one attached hydrogen (secondary N) is 1. The number of carbonyl (C=O) groups is 1. The summed E-state index contributed by atoms with van der Waals surface area (Å²) >= 11 is 7.53. The number of fused-ring (bicyclic) bond motifs is 1. The summed E-state index contributed by atoms with van der Waals surface area (Å²) in [5, 5.41) is 5.53. The zero-order valence-corrected chi connectivity index (χ0v) is 15.5. The summed E-state index contributed by atoms with van der Waals surface area (Å²) in [6.45, 7) is 1.88. The highest BCUT2D eigenvalue weighted by Crippen LogP contribution is 2.30. The van der Waals surface area contributed by atoms with Crippen molar-refractivity contribution in [2.24, 2.45) is 0 Å². The lowest BCUT2D eigenvalue weighted by molar-refractivity contribution is -0.115. The lowest BCUT2D eigenvalue weighted by atomic mass is 10.1. The molecule has 0 fully saturated rings. The Morgan fingerprint density at radius 1 is 1.08 bits per heavy atom. The minimum Gasteiger partial charge on any atom is -0.495 e. The van der Waals surface area contributed by atoms with Gasteiger partial charge in [-0.1, -0.05) is 41.9 Å². The molecule has 0 heterocycles. The van der Waals surface area contributed by atoms with Crippen LogP contribution in [0.2, 0.25) is 5.02 Å². The predicted molar refractivity (Wildman–Crippen MR) is 106 cm³/mol. The normalized spacial score (nSPS) is 12.0. The monoisotopic (exact) mass is 371 g/mol. The lowest BCUT2D eigenvalue weighted by Gasteiger charge is -2.15. The van der Waals surface area contributed by atoms with E-state index in [-0.39, 0.29) is 11.2 Å². The summed E-state index contributed by atoms with van der Waals surface area (Å²) < 4.78 is 5.27. The van der Waals surface area contributed by atoms with Crippen LogP contribution in [0.4, 0.5) is 5.69 Å². The van der Waals surface area contributed by atoms with Gasteiger partial charge in [-0.15, -0.1) is 11.8 Å². The molecule has 3 aromatic rings. The first kappa shape index (κ1) is 17.6. The van der Waals surface area contributed by atoms with Crippen LogP contribution in [-0.2, 0) is 4.79 Å². The Labute approximate surface area is 156 Å². The molecular formula is C20H18ClNO2S. The highest BCUT2D eigenvalue weighted by molar-refractivity contribution is 8.00. The largest absolute Gasteiger partial charge is 0.495 e. The average molecular weight is 372 g/mol. The molecule has 1 N–H and O–H groups in total. The summed E-state index contributed by atoms with van der Waals surface area (Å²) in [6, 6.07) is 19.5. The Balaban J connectivity index is 1.72. The number of rotatable bonds is 5. The molecule has 25 heavy (non-hydrogen) atoms. The first-order valence-corrected chi connectivity index (χ1v) is 9.12. The van der Waals surface area contributed by atoms with Gasteiger partial charge in [-0.3, -0.25) is 4.79 Å². The van der Waals surface area contributed by atoms with Crippen LogP contribution >= 0.6 is 23.4 Å². The van der Waals surface area contributed by atoms with E-state index in [0.29, 0.717) is 16.5 Å². The van der Waals surface area contributed by atoms with Crippen LogP contribution < -0.4 is 10.1 Å². The molecule has 0 radical (unpaired) electrons. The van der Waals surface area contributed by atoms with E-state index >= 15 is 0 Å². The molecule has 0 bridgehead atoms. The van der Waals surface area contributed by atoms with Gasteiger partial charge < -0.3 is 10.1 Å². The molecule has 5 heteroatoms. The Bertz CT molecular complexity index is 913. The quantitative estimate of drug-likeness (QED) is 0.591. The second-order valence-electron chi connectivity index (χ2n) is 5.60. The fourth-order valence-corrected chi connectivity index (χ4v) is 3.60. The molecule has 3 nitrogen and oxygen atoms in total. The van der Waals surface area contributed by atoms with Crippen LogP contribution in [0.5, 0.6) is 5.75 Å². The number of amides is 1. The number of thioether (sulfide) groups is 1. The van der Waals surface area contributed by atoms with Crippen LogP contribution in [0.15, 0.2) is 65.6 Å². The van der Waals surface area contributed by atoms with Crippen molar-refractivity contribution in [3.8, 4) is 5.75 Å². The van der Waals surface area contributed by atoms with Crippen molar-refractivity contribution >= 4 is 45.7 Å². The Kier molecular flexibility index (Phi) is 5.51. The third-order valence-corrected chi connectivity index (χ3v) is 5.15. The van der Waals surface area contributed by atoms with Crippen molar-refractivity contribution in [3.05, 3.63) is 65.7 Å². The second kappa shape index (κ2) is 7.81. The number of methoxy groups -OCH3 is 1. The first-order valence-electron chi connectivity index (χ1n) is 7.86. The number of hydrogen-bond acceptors (Lipinski definition) is 3. The van der Waals surface area contributed by atoms with E-state index in [1.54, 1.807) is 25.3 Å². The molecule has 0 aliphatic carbocycles. The topological polar surface area (TPSA) is 38.3 Å². The van der Waals surface area contributed by atoms with Crippen LogP contribution in [0.1, 0.15) is 6.92 Å². The zero-order valence-electron chi connectivity index (χ0n) is 14.0. The lowest BCUT2D eigenvalue weighted by Crippen LogP contribution is -2.22. The van der Waals surface area contributed by atoms with E-state index in [9.17, 15) is 4.79 Å². The van der Waals surface area contributed by atoms with Crippen LogP contribution in [0.25, 0.3) is 10.8 Å². The zero-order chi connectivity index (χ0) is 17.8. The number of ether oxygens (including phenoxy) is 1. The summed E-state index contributed by atoms with van der Waals surface area (Å²) in [4.78, 5) is 13.6. The van der Waals surface area contributed by atoms with Gasteiger partial charge in [0, 0.05) is 9.92 Å². The van der Waals surface area contributed by atoms with Crippen molar-refractivity contribution in [1.82, 2.24) is 0 Å². The minimum atomic E-state index is -0.259. The van der Waals surface area contributed by atoms with Gasteiger partial charge in [0.2, 0.25) is 5.91 Å². The van der Waals surface area contributed by atoms with Gasteiger partial charge >= 0.3 is 0 Å². The van der Waals surface area contributed by atoms with Gasteiger partial charge in [0.15, 0.2) is 0 Å². The van der Waals surface area contributed by atoms with Gasteiger partial charge in [-0.2, -0.15) is 0 Å². The highest BCUT2D eigenvalue weighted by atomic mass is 35.5. The van der Waals surface area contributed by atoms with Crippen molar-refractivity contribution in [2.45, 2.75) is 17.1 Å². The molecule has 0 saturated carbocycles. The smallest absolute Gasteiger partial charge is 0.237 e. The number of halogens is 1. The second-order valence-corrected chi connectivity index (χ2v) is 7.45. The number of benzene rings is 3. The maximum absolute atomic E-state index is 12.5. The van der Waals surface area contributed by atoms with E-state index in [2.05, 4.69) is 29.6 Å². The van der Waals surface area contributed by atoms with Gasteiger partial charge in [0.05, 0.1) is 18.0 Å². The van der Waals surface area contributed by atoms with Crippen LogP contribution in [0, 0.1) is 0 Å². The average Bonchev–Trinajstić information content (AvgIpc) is 2.61. The molecule has 0 aliphatic rings. The van der Waals surface area contributed by atoms with Crippen molar-refractivity contribution in [2.75, 3.05) is 12.4 Å². The molecule has 3 rings (SSSR count). The van der Waals surface area contributed by atoms with Crippen molar-refractivity contribution in [3.63, 3.8) is 0 Å². The number of carbonyl (C=O) groups excluding carboxylic acids is 1.